The molecule has 2 N–H and O–H groups in total. The van der Waals surface area contributed by atoms with Crippen LogP contribution in [0, 0.1) is 5.92 Å². The SMILES string of the molecule is CC(C)(C)c1cc(-c2nnc(C(C)(C)S(O)(O)CC3CCOCC3)o2)on1. The molecule has 8 nitrogen and oxygen atoms in total. The number of ether oxygens (including phenoxy) is 1. The van der Waals surface area contributed by atoms with Gasteiger partial charge in [-0.2, -0.15) is 10.6 Å². The fraction of sp³-hybridized carbons (Fsp3) is 0.722. The van der Waals surface area contributed by atoms with E-state index in [4.69, 9.17) is 13.7 Å². The first-order valence-corrected chi connectivity index (χ1v) is 10.9. The van der Waals surface area contributed by atoms with Gasteiger partial charge < -0.3 is 13.7 Å². The molecule has 2 aromatic heterocycles. The average molecular weight is 400 g/mol. The van der Waals surface area contributed by atoms with Crippen molar-refractivity contribution in [1.82, 2.24) is 15.4 Å². The van der Waals surface area contributed by atoms with Crippen LogP contribution in [0.3, 0.4) is 0 Å². The fourth-order valence-corrected chi connectivity index (χ4v) is 4.65. The van der Waals surface area contributed by atoms with Crippen LogP contribution in [0.15, 0.2) is 15.0 Å². The van der Waals surface area contributed by atoms with Gasteiger partial charge in [-0.15, -0.1) is 10.2 Å². The van der Waals surface area contributed by atoms with Crippen molar-refractivity contribution >= 4 is 10.6 Å². The highest BCUT2D eigenvalue weighted by atomic mass is 32.3. The second-order valence-corrected chi connectivity index (χ2v) is 11.3. The Morgan fingerprint density at radius 3 is 2.37 bits per heavy atom. The van der Waals surface area contributed by atoms with Crippen molar-refractivity contribution in [1.29, 1.82) is 0 Å². The predicted octanol–water partition coefficient (Wildman–Crippen LogP) is 4.43. The summed E-state index contributed by atoms with van der Waals surface area (Å²) in [5.41, 5.74) is 0.614. The maximum absolute atomic E-state index is 10.9. The number of rotatable bonds is 5. The summed E-state index contributed by atoms with van der Waals surface area (Å²) in [6.45, 7) is 10.9. The molecular formula is C18H29N3O5S. The summed E-state index contributed by atoms with van der Waals surface area (Å²) in [5, 5.41) is 12.1. The van der Waals surface area contributed by atoms with Crippen molar-refractivity contribution in [2.45, 2.75) is 57.6 Å². The van der Waals surface area contributed by atoms with Crippen LogP contribution in [-0.4, -0.2) is 43.4 Å². The minimum Gasteiger partial charge on any atom is -0.416 e. The number of hydrogen-bond acceptors (Lipinski definition) is 8. The van der Waals surface area contributed by atoms with Gasteiger partial charge in [0.05, 0.1) is 5.69 Å². The fourth-order valence-electron chi connectivity index (χ4n) is 2.89. The largest absolute Gasteiger partial charge is 0.416 e. The summed E-state index contributed by atoms with van der Waals surface area (Å²) in [5.74, 6) is 1.25. The van der Waals surface area contributed by atoms with Gasteiger partial charge in [-0.1, -0.05) is 25.9 Å². The third kappa shape index (κ3) is 4.21. The Morgan fingerprint density at radius 1 is 1.11 bits per heavy atom. The summed E-state index contributed by atoms with van der Waals surface area (Å²) in [7, 11) is -3.00. The lowest BCUT2D eigenvalue weighted by atomic mass is 9.92. The maximum Gasteiger partial charge on any atom is 0.286 e. The standard InChI is InChI=1S/C18H29N3O5S/c1-17(2,3)14-10-13(26-21-14)15-19-20-16(25-15)18(4,5)27(22,23)11-12-6-8-24-9-7-12/h10,12,22-23H,6-9,11H2,1-5H3. The number of nitrogens with zero attached hydrogens (tertiary/aromatic N) is 3. The quantitative estimate of drug-likeness (QED) is 0.758. The van der Waals surface area contributed by atoms with Crippen LogP contribution in [-0.2, 0) is 14.9 Å². The van der Waals surface area contributed by atoms with Gasteiger partial charge in [-0.25, -0.2) is 0 Å². The normalized spacial score (nSPS) is 18.0. The van der Waals surface area contributed by atoms with E-state index in [1.807, 2.05) is 20.8 Å². The molecule has 0 spiro atoms. The monoisotopic (exact) mass is 399 g/mol. The van der Waals surface area contributed by atoms with Crippen molar-refractivity contribution in [3.8, 4) is 11.7 Å². The Balaban J connectivity index is 1.80. The van der Waals surface area contributed by atoms with E-state index in [-0.39, 0.29) is 23.1 Å². The van der Waals surface area contributed by atoms with Crippen LogP contribution in [0.25, 0.3) is 11.7 Å². The first-order valence-electron chi connectivity index (χ1n) is 9.15. The second-order valence-electron chi connectivity index (χ2n) is 8.64. The molecule has 27 heavy (non-hydrogen) atoms. The van der Waals surface area contributed by atoms with E-state index < -0.39 is 15.3 Å². The lowest BCUT2D eigenvalue weighted by Gasteiger charge is -2.46. The lowest BCUT2D eigenvalue weighted by Crippen LogP contribution is -2.32. The van der Waals surface area contributed by atoms with Crippen LogP contribution in [0.2, 0.25) is 0 Å². The van der Waals surface area contributed by atoms with Gasteiger partial charge in [0.15, 0.2) is 0 Å². The van der Waals surface area contributed by atoms with E-state index >= 15 is 0 Å². The Morgan fingerprint density at radius 2 is 1.78 bits per heavy atom. The molecular weight excluding hydrogens is 370 g/mol. The Hall–Kier alpha value is -1.42. The third-order valence-corrected chi connectivity index (χ3v) is 7.80. The molecule has 2 aromatic rings. The molecule has 0 saturated carbocycles. The van der Waals surface area contributed by atoms with Crippen LogP contribution in [0.4, 0.5) is 0 Å². The highest BCUT2D eigenvalue weighted by Crippen LogP contribution is 2.59. The van der Waals surface area contributed by atoms with Gasteiger partial charge in [0, 0.05) is 30.4 Å². The Labute approximate surface area is 161 Å². The molecule has 0 radical (unpaired) electrons. The van der Waals surface area contributed by atoms with Crippen molar-refractivity contribution in [3.05, 3.63) is 17.7 Å². The summed E-state index contributed by atoms with van der Waals surface area (Å²) in [6, 6.07) is 1.77. The zero-order valence-corrected chi connectivity index (χ0v) is 17.4. The molecule has 0 bridgehead atoms. The second kappa shape index (κ2) is 7.20. The average Bonchev–Trinajstić information content (AvgIpc) is 3.24. The molecule has 152 valence electrons. The molecule has 0 amide bonds. The molecule has 1 saturated heterocycles. The Bertz CT molecular complexity index is 772. The minimum absolute atomic E-state index is 0.164. The molecule has 3 rings (SSSR count). The van der Waals surface area contributed by atoms with E-state index in [0.717, 1.165) is 18.5 Å². The summed E-state index contributed by atoms with van der Waals surface area (Å²) >= 11 is 0. The molecule has 3 heterocycles. The van der Waals surface area contributed by atoms with Crippen LogP contribution in [0.1, 0.15) is 59.0 Å². The number of aromatic nitrogens is 3. The third-order valence-electron chi connectivity index (χ3n) is 5.06. The smallest absolute Gasteiger partial charge is 0.286 e. The van der Waals surface area contributed by atoms with Crippen LogP contribution in [0.5, 0.6) is 0 Å². The van der Waals surface area contributed by atoms with Gasteiger partial charge in [-0.05, 0) is 32.6 Å². The van der Waals surface area contributed by atoms with Gasteiger partial charge >= 0.3 is 0 Å². The molecule has 1 aliphatic heterocycles. The summed E-state index contributed by atoms with van der Waals surface area (Å²) < 4.78 is 37.1. The van der Waals surface area contributed by atoms with E-state index in [1.54, 1.807) is 19.9 Å². The molecule has 1 fully saturated rings. The van der Waals surface area contributed by atoms with Gasteiger partial charge in [0.2, 0.25) is 11.7 Å². The first kappa shape index (κ1) is 20.3. The van der Waals surface area contributed by atoms with E-state index in [0.29, 0.717) is 24.7 Å². The lowest BCUT2D eigenvalue weighted by molar-refractivity contribution is 0.0716. The van der Waals surface area contributed by atoms with Gasteiger partial charge in [0.1, 0.15) is 4.75 Å². The van der Waals surface area contributed by atoms with E-state index in [9.17, 15) is 9.11 Å². The molecule has 0 aromatic carbocycles. The van der Waals surface area contributed by atoms with E-state index in [2.05, 4.69) is 15.4 Å². The number of hydrogen-bond donors (Lipinski definition) is 2. The van der Waals surface area contributed by atoms with Crippen LogP contribution < -0.4 is 0 Å². The van der Waals surface area contributed by atoms with Crippen molar-refractivity contribution < 1.29 is 22.8 Å². The molecule has 0 unspecified atom stereocenters. The van der Waals surface area contributed by atoms with Crippen molar-refractivity contribution in [2.24, 2.45) is 5.92 Å². The molecule has 0 atom stereocenters. The van der Waals surface area contributed by atoms with Crippen molar-refractivity contribution in [3.63, 3.8) is 0 Å². The zero-order valence-electron chi connectivity index (χ0n) is 16.6. The first-order chi connectivity index (χ1) is 12.5. The highest BCUT2D eigenvalue weighted by Gasteiger charge is 2.42. The molecule has 0 aliphatic carbocycles. The van der Waals surface area contributed by atoms with Gasteiger partial charge in [-0.3, -0.25) is 9.11 Å². The highest BCUT2D eigenvalue weighted by molar-refractivity contribution is 8.25. The minimum atomic E-state index is -3.00. The van der Waals surface area contributed by atoms with E-state index in [1.165, 1.54) is 0 Å². The van der Waals surface area contributed by atoms with Crippen LogP contribution >= 0.6 is 10.6 Å². The predicted molar refractivity (Wildman–Crippen MR) is 103 cm³/mol. The van der Waals surface area contributed by atoms with Crippen molar-refractivity contribution in [2.75, 3.05) is 19.0 Å². The topological polar surface area (TPSA) is 115 Å². The van der Waals surface area contributed by atoms with Gasteiger partial charge in [0.25, 0.3) is 5.89 Å². The molecule has 1 aliphatic rings. The summed E-state index contributed by atoms with van der Waals surface area (Å²) in [4.78, 5) is 0. The Kier molecular flexibility index (Phi) is 5.42. The zero-order chi connectivity index (χ0) is 19.9. The molecule has 9 heteroatoms. The maximum atomic E-state index is 10.9. The summed E-state index contributed by atoms with van der Waals surface area (Å²) in [6.07, 6.45) is 1.66.